The molecule has 2 aromatic carbocycles. The van der Waals surface area contributed by atoms with Crippen LogP contribution < -0.4 is 4.90 Å². The topological polar surface area (TPSA) is 73.5 Å². The van der Waals surface area contributed by atoms with E-state index >= 15 is 0 Å². The van der Waals surface area contributed by atoms with Crippen LogP contribution in [0.25, 0.3) is 33.5 Å². The minimum atomic E-state index is 0.418. The Labute approximate surface area is 194 Å². The number of H-pyrrole nitrogens is 2. The molecule has 1 aliphatic heterocycles. The normalized spacial score (nSPS) is 15.1. The van der Waals surface area contributed by atoms with E-state index in [0.717, 1.165) is 71.0 Å². The Kier molecular flexibility index (Phi) is 4.77. The van der Waals surface area contributed by atoms with Crippen LogP contribution in [-0.4, -0.2) is 38.0 Å². The summed E-state index contributed by atoms with van der Waals surface area (Å²) in [4.78, 5) is 23.5. The average Bonchev–Trinajstić information content (AvgIpc) is 3.43. The van der Waals surface area contributed by atoms with Crippen molar-refractivity contribution in [3.63, 3.8) is 0 Å². The summed E-state index contributed by atoms with van der Waals surface area (Å²) in [6, 6.07) is 15.8. The Morgan fingerprint density at radius 3 is 2.50 bits per heavy atom. The van der Waals surface area contributed by atoms with Crippen molar-refractivity contribution in [2.75, 3.05) is 18.0 Å². The van der Waals surface area contributed by atoms with Gasteiger partial charge in [-0.05, 0) is 49.2 Å². The van der Waals surface area contributed by atoms with Crippen molar-refractivity contribution >= 4 is 51.1 Å². The quantitative estimate of drug-likeness (QED) is 0.335. The van der Waals surface area contributed by atoms with E-state index < -0.39 is 0 Å². The first kappa shape index (κ1) is 19.6. The molecular formula is C24H20Cl2N6. The largest absolute Gasteiger partial charge is 0.356 e. The summed E-state index contributed by atoms with van der Waals surface area (Å²) in [5.41, 5.74) is 4.74. The van der Waals surface area contributed by atoms with Crippen LogP contribution in [0.5, 0.6) is 0 Å². The summed E-state index contributed by atoms with van der Waals surface area (Å²) in [5.74, 6) is 3.20. The van der Waals surface area contributed by atoms with Gasteiger partial charge in [0.1, 0.15) is 17.5 Å². The number of piperidine rings is 1. The van der Waals surface area contributed by atoms with E-state index in [0.29, 0.717) is 16.0 Å². The van der Waals surface area contributed by atoms with E-state index in [1.165, 1.54) is 0 Å². The number of anilines is 1. The molecule has 1 fully saturated rings. The Morgan fingerprint density at radius 1 is 0.844 bits per heavy atom. The lowest BCUT2D eigenvalue weighted by molar-refractivity contribution is 0.487. The van der Waals surface area contributed by atoms with Crippen molar-refractivity contribution in [1.29, 1.82) is 0 Å². The smallest absolute Gasteiger partial charge is 0.142 e. The summed E-state index contributed by atoms with van der Waals surface area (Å²) >= 11 is 12.3. The molecule has 0 atom stereocenters. The molecular weight excluding hydrogens is 443 g/mol. The van der Waals surface area contributed by atoms with Gasteiger partial charge in [0, 0.05) is 25.2 Å². The molecule has 0 bridgehead atoms. The zero-order valence-corrected chi connectivity index (χ0v) is 18.7. The predicted octanol–water partition coefficient (Wildman–Crippen LogP) is 6.19. The fourth-order valence-electron chi connectivity index (χ4n) is 4.50. The number of pyridine rings is 1. The summed E-state index contributed by atoms with van der Waals surface area (Å²) in [6.07, 6.45) is 3.86. The molecule has 32 heavy (non-hydrogen) atoms. The van der Waals surface area contributed by atoms with E-state index in [1.807, 2.05) is 30.5 Å². The molecule has 0 saturated carbocycles. The highest BCUT2D eigenvalue weighted by Crippen LogP contribution is 2.35. The van der Waals surface area contributed by atoms with Gasteiger partial charge in [-0.25, -0.2) is 15.0 Å². The molecule has 3 aromatic heterocycles. The number of hydrogen-bond donors (Lipinski definition) is 2. The highest BCUT2D eigenvalue weighted by molar-refractivity contribution is 6.42. The lowest BCUT2D eigenvalue weighted by Crippen LogP contribution is -2.34. The van der Waals surface area contributed by atoms with Crippen LogP contribution in [0.4, 0.5) is 5.82 Å². The number of fused-ring (bicyclic) bond motifs is 2. The van der Waals surface area contributed by atoms with Crippen molar-refractivity contribution in [3.8, 4) is 11.4 Å². The Morgan fingerprint density at radius 2 is 1.66 bits per heavy atom. The maximum atomic E-state index is 6.18. The number of aromatic amines is 2. The van der Waals surface area contributed by atoms with Gasteiger partial charge in [-0.2, -0.15) is 0 Å². The lowest BCUT2D eigenvalue weighted by atomic mass is 9.96. The molecule has 1 aliphatic rings. The Bertz CT molecular complexity index is 1360. The van der Waals surface area contributed by atoms with E-state index in [1.54, 1.807) is 6.07 Å². The lowest BCUT2D eigenvalue weighted by Gasteiger charge is -2.32. The summed E-state index contributed by atoms with van der Waals surface area (Å²) in [5, 5.41) is 1.00. The Hall–Kier alpha value is -3.09. The van der Waals surface area contributed by atoms with E-state index in [4.69, 9.17) is 38.2 Å². The van der Waals surface area contributed by atoms with Gasteiger partial charge < -0.3 is 14.9 Å². The number of rotatable bonds is 3. The first-order valence-corrected chi connectivity index (χ1v) is 11.4. The van der Waals surface area contributed by atoms with E-state index in [9.17, 15) is 0 Å². The van der Waals surface area contributed by atoms with Crippen LogP contribution in [-0.2, 0) is 0 Å². The zero-order valence-electron chi connectivity index (χ0n) is 17.1. The van der Waals surface area contributed by atoms with Gasteiger partial charge in [-0.15, -0.1) is 0 Å². The summed E-state index contributed by atoms with van der Waals surface area (Å²) in [7, 11) is 0. The first-order chi connectivity index (χ1) is 15.7. The molecule has 6 rings (SSSR count). The maximum Gasteiger partial charge on any atom is 0.142 e. The van der Waals surface area contributed by atoms with Crippen LogP contribution in [0.15, 0.2) is 54.7 Å². The molecule has 8 heteroatoms. The molecule has 6 nitrogen and oxygen atoms in total. The zero-order chi connectivity index (χ0) is 21.7. The average molecular weight is 463 g/mol. The fourth-order valence-corrected chi connectivity index (χ4v) is 4.82. The van der Waals surface area contributed by atoms with Crippen molar-refractivity contribution in [2.24, 2.45) is 0 Å². The molecule has 0 unspecified atom stereocenters. The molecule has 5 aromatic rings. The third-order valence-electron chi connectivity index (χ3n) is 6.15. The van der Waals surface area contributed by atoms with Gasteiger partial charge in [0.15, 0.2) is 0 Å². The first-order valence-electron chi connectivity index (χ1n) is 10.7. The molecule has 0 amide bonds. The molecule has 0 spiro atoms. The summed E-state index contributed by atoms with van der Waals surface area (Å²) in [6.45, 7) is 1.81. The molecule has 1 saturated heterocycles. The third-order valence-corrected chi connectivity index (χ3v) is 6.88. The number of imidazole rings is 2. The number of halogens is 2. The minimum absolute atomic E-state index is 0.418. The SMILES string of the molecule is Clc1cc2nc(-c3cccnc3N3CCC(c4nc5ccccc5[nH]4)CC3)[nH]c2cc1Cl. The number of para-hydroxylation sites is 2. The second-order valence-electron chi connectivity index (χ2n) is 8.14. The number of aromatic nitrogens is 5. The number of hydrogen-bond acceptors (Lipinski definition) is 4. The van der Waals surface area contributed by atoms with Crippen LogP contribution >= 0.6 is 23.2 Å². The maximum absolute atomic E-state index is 6.18. The van der Waals surface area contributed by atoms with Crippen molar-refractivity contribution < 1.29 is 0 Å². The molecule has 0 aliphatic carbocycles. The van der Waals surface area contributed by atoms with Gasteiger partial charge in [-0.3, -0.25) is 0 Å². The van der Waals surface area contributed by atoms with Gasteiger partial charge in [0.25, 0.3) is 0 Å². The van der Waals surface area contributed by atoms with Gasteiger partial charge in [-0.1, -0.05) is 35.3 Å². The van der Waals surface area contributed by atoms with Gasteiger partial charge in [0.2, 0.25) is 0 Å². The highest BCUT2D eigenvalue weighted by atomic mass is 35.5. The predicted molar refractivity (Wildman–Crippen MR) is 130 cm³/mol. The van der Waals surface area contributed by atoms with E-state index in [-0.39, 0.29) is 0 Å². The van der Waals surface area contributed by atoms with Crippen LogP contribution in [0.2, 0.25) is 10.0 Å². The van der Waals surface area contributed by atoms with Crippen molar-refractivity contribution in [3.05, 3.63) is 70.6 Å². The van der Waals surface area contributed by atoms with Crippen molar-refractivity contribution in [1.82, 2.24) is 24.9 Å². The molecule has 4 heterocycles. The van der Waals surface area contributed by atoms with Gasteiger partial charge >= 0.3 is 0 Å². The van der Waals surface area contributed by atoms with E-state index in [2.05, 4.69) is 33.1 Å². The monoisotopic (exact) mass is 462 g/mol. The summed E-state index contributed by atoms with van der Waals surface area (Å²) < 4.78 is 0. The fraction of sp³-hybridized carbons (Fsp3) is 0.208. The van der Waals surface area contributed by atoms with Crippen LogP contribution in [0, 0.1) is 0 Å². The number of benzene rings is 2. The highest BCUT2D eigenvalue weighted by Gasteiger charge is 2.26. The number of nitrogens with zero attached hydrogens (tertiary/aromatic N) is 4. The van der Waals surface area contributed by atoms with Crippen LogP contribution in [0.1, 0.15) is 24.6 Å². The van der Waals surface area contributed by atoms with Crippen molar-refractivity contribution in [2.45, 2.75) is 18.8 Å². The standard InChI is InChI=1S/C24H20Cl2N6/c25-16-12-20-21(13-17(16)26)31-23(30-20)15-4-3-9-27-24(15)32-10-7-14(8-11-32)22-28-18-5-1-2-6-19(18)29-22/h1-6,9,12-14H,7-8,10-11H2,(H,28,29)(H,30,31). The molecule has 160 valence electrons. The minimum Gasteiger partial charge on any atom is -0.356 e. The Balaban J connectivity index is 1.27. The van der Waals surface area contributed by atoms with Gasteiger partial charge in [0.05, 0.1) is 37.7 Å². The molecule has 0 radical (unpaired) electrons. The van der Waals surface area contributed by atoms with Crippen LogP contribution in [0.3, 0.4) is 0 Å². The second-order valence-corrected chi connectivity index (χ2v) is 8.96. The third kappa shape index (κ3) is 3.40. The molecule has 2 N–H and O–H groups in total. The number of nitrogens with one attached hydrogen (secondary N) is 2. The second kappa shape index (κ2) is 7.80.